The molecule has 2 aromatic carbocycles. The van der Waals surface area contributed by atoms with Crippen LogP contribution in [-0.2, 0) is 22.6 Å². The lowest BCUT2D eigenvalue weighted by atomic mass is 10.0. The molecule has 0 radical (unpaired) electrons. The molecule has 1 N–H and O–H groups in total. The van der Waals surface area contributed by atoms with Crippen molar-refractivity contribution in [3.8, 4) is 0 Å². The molecule has 30 heavy (non-hydrogen) atoms. The average molecular weight is 405 g/mol. The SMILES string of the molecule is COCCn1ccc2c(NC(=O)[C@@H](C(C)C)N3Cc4ccccc4C3=O)cccc21. The molecule has 0 saturated heterocycles. The number of nitrogens with zero attached hydrogens (tertiary/aromatic N) is 2. The number of nitrogens with one attached hydrogen (secondary N) is 1. The summed E-state index contributed by atoms with van der Waals surface area (Å²) in [4.78, 5) is 28.0. The second-order valence-corrected chi connectivity index (χ2v) is 8.01. The summed E-state index contributed by atoms with van der Waals surface area (Å²) >= 11 is 0. The highest BCUT2D eigenvalue weighted by molar-refractivity contribution is 6.06. The maximum atomic E-state index is 13.3. The van der Waals surface area contributed by atoms with E-state index in [9.17, 15) is 9.59 Å². The zero-order valence-corrected chi connectivity index (χ0v) is 17.6. The number of rotatable bonds is 7. The molecule has 2 heterocycles. The van der Waals surface area contributed by atoms with Gasteiger partial charge in [-0.25, -0.2) is 0 Å². The van der Waals surface area contributed by atoms with E-state index < -0.39 is 6.04 Å². The Kier molecular flexibility index (Phi) is 5.59. The number of benzene rings is 2. The van der Waals surface area contributed by atoms with Crippen LogP contribution in [0.15, 0.2) is 54.7 Å². The van der Waals surface area contributed by atoms with Crippen molar-refractivity contribution in [2.24, 2.45) is 5.92 Å². The lowest BCUT2D eigenvalue weighted by molar-refractivity contribution is -0.122. The fraction of sp³-hybridized carbons (Fsp3) is 0.333. The number of amides is 2. The molecule has 1 aromatic heterocycles. The lowest BCUT2D eigenvalue weighted by Crippen LogP contribution is -2.47. The molecular formula is C24H27N3O3. The molecule has 6 nitrogen and oxygen atoms in total. The second kappa shape index (κ2) is 8.32. The largest absolute Gasteiger partial charge is 0.383 e. The van der Waals surface area contributed by atoms with Crippen molar-refractivity contribution in [3.63, 3.8) is 0 Å². The fourth-order valence-electron chi connectivity index (χ4n) is 4.23. The van der Waals surface area contributed by atoms with Gasteiger partial charge in [-0.15, -0.1) is 0 Å². The summed E-state index contributed by atoms with van der Waals surface area (Å²) in [6, 6.07) is 14.9. The van der Waals surface area contributed by atoms with Gasteiger partial charge in [0.2, 0.25) is 5.91 Å². The van der Waals surface area contributed by atoms with Crippen LogP contribution in [-0.4, -0.2) is 41.0 Å². The van der Waals surface area contributed by atoms with Crippen LogP contribution in [0.4, 0.5) is 5.69 Å². The van der Waals surface area contributed by atoms with Gasteiger partial charge in [-0.05, 0) is 35.7 Å². The van der Waals surface area contributed by atoms with Crippen LogP contribution in [0.3, 0.4) is 0 Å². The number of methoxy groups -OCH3 is 1. The Labute approximate surface area is 176 Å². The molecule has 1 atom stereocenters. The molecule has 6 heteroatoms. The van der Waals surface area contributed by atoms with E-state index in [0.717, 1.165) is 28.7 Å². The molecular weight excluding hydrogens is 378 g/mol. The highest BCUT2D eigenvalue weighted by Crippen LogP contribution is 2.29. The van der Waals surface area contributed by atoms with E-state index in [1.165, 1.54) is 0 Å². The lowest BCUT2D eigenvalue weighted by Gasteiger charge is -2.30. The molecule has 1 aliphatic rings. The van der Waals surface area contributed by atoms with Gasteiger partial charge in [0.25, 0.3) is 5.91 Å². The molecule has 2 amide bonds. The highest BCUT2D eigenvalue weighted by Gasteiger charge is 2.38. The van der Waals surface area contributed by atoms with Crippen molar-refractivity contribution < 1.29 is 14.3 Å². The van der Waals surface area contributed by atoms with Crippen LogP contribution in [0.1, 0.15) is 29.8 Å². The molecule has 4 rings (SSSR count). The van der Waals surface area contributed by atoms with E-state index in [1.54, 1.807) is 12.0 Å². The van der Waals surface area contributed by atoms with Crippen molar-refractivity contribution >= 4 is 28.4 Å². The Morgan fingerprint density at radius 1 is 1.13 bits per heavy atom. The van der Waals surface area contributed by atoms with Gasteiger partial charge in [-0.1, -0.05) is 38.1 Å². The van der Waals surface area contributed by atoms with Gasteiger partial charge in [0, 0.05) is 37.3 Å². The number of aromatic nitrogens is 1. The van der Waals surface area contributed by atoms with Crippen molar-refractivity contribution in [3.05, 3.63) is 65.9 Å². The van der Waals surface area contributed by atoms with Crippen LogP contribution in [0, 0.1) is 5.92 Å². The predicted molar refractivity (Wildman–Crippen MR) is 117 cm³/mol. The Morgan fingerprint density at radius 3 is 2.67 bits per heavy atom. The number of carbonyl (C=O) groups is 2. The number of hydrogen-bond acceptors (Lipinski definition) is 3. The Hall–Kier alpha value is -3.12. The Balaban J connectivity index is 1.59. The van der Waals surface area contributed by atoms with Crippen LogP contribution in [0.2, 0.25) is 0 Å². The average Bonchev–Trinajstić information content (AvgIpc) is 3.29. The first-order valence-electron chi connectivity index (χ1n) is 10.3. The first-order valence-corrected chi connectivity index (χ1v) is 10.3. The monoisotopic (exact) mass is 405 g/mol. The minimum absolute atomic E-state index is 0.0197. The van der Waals surface area contributed by atoms with Gasteiger partial charge < -0.3 is 19.5 Å². The zero-order chi connectivity index (χ0) is 21.3. The summed E-state index contributed by atoms with van der Waals surface area (Å²) in [5.74, 6) is -0.263. The zero-order valence-electron chi connectivity index (χ0n) is 17.6. The van der Waals surface area contributed by atoms with Gasteiger partial charge in [0.05, 0.1) is 17.8 Å². The first kappa shape index (κ1) is 20.2. The third-order valence-electron chi connectivity index (χ3n) is 5.69. The third-order valence-corrected chi connectivity index (χ3v) is 5.69. The van der Waals surface area contributed by atoms with Crippen molar-refractivity contribution in [2.45, 2.75) is 33.0 Å². The van der Waals surface area contributed by atoms with Crippen LogP contribution in [0.25, 0.3) is 10.9 Å². The maximum absolute atomic E-state index is 13.3. The molecule has 3 aromatic rings. The standard InChI is InChI=1S/C24H27N3O3/c1-16(2)22(27-15-17-7-4-5-8-18(17)24(27)29)23(28)25-20-9-6-10-21-19(20)11-12-26(21)13-14-30-3/h4-12,16,22H,13-15H2,1-3H3,(H,25,28)/t22-/m1/s1. The molecule has 0 spiro atoms. The van der Waals surface area contributed by atoms with E-state index in [4.69, 9.17) is 4.74 Å². The van der Waals surface area contributed by atoms with Crippen molar-refractivity contribution in [2.75, 3.05) is 19.0 Å². The van der Waals surface area contributed by atoms with Crippen LogP contribution in [0.5, 0.6) is 0 Å². The van der Waals surface area contributed by atoms with Crippen molar-refractivity contribution in [1.82, 2.24) is 9.47 Å². The molecule has 0 saturated carbocycles. The smallest absolute Gasteiger partial charge is 0.255 e. The number of fused-ring (bicyclic) bond motifs is 2. The van der Waals surface area contributed by atoms with E-state index in [1.807, 2.05) is 68.6 Å². The minimum atomic E-state index is -0.546. The molecule has 1 aliphatic heterocycles. The van der Waals surface area contributed by atoms with E-state index >= 15 is 0 Å². The quantitative estimate of drug-likeness (QED) is 0.648. The highest BCUT2D eigenvalue weighted by atomic mass is 16.5. The van der Waals surface area contributed by atoms with Gasteiger partial charge in [-0.3, -0.25) is 9.59 Å². The summed E-state index contributed by atoms with van der Waals surface area (Å²) < 4.78 is 7.29. The maximum Gasteiger partial charge on any atom is 0.255 e. The van der Waals surface area contributed by atoms with Gasteiger partial charge in [0.1, 0.15) is 6.04 Å². The van der Waals surface area contributed by atoms with Crippen LogP contribution < -0.4 is 5.32 Å². The Bertz CT molecular complexity index is 1090. The summed E-state index contributed by atoms with van der Waals surface area (Å²) in [5.41, 5.74) is 3.45. The van der Waals surface area contributed by atoms with E-state index in [2.05, 4.69) is 9.88 Å². The van der Waals surface area contributed by atoms with Gasteiger partial charge in [-0.2, -0.15) is 0 Å². The molecule has 0 bridgehead atoms. The molecule has 0 unspecified atom stereocenters. The topological polar surface area (TPSA) is 63.6 Å². The summed E-state index contributed by atoms with van der Waals surface area (Å²) in [6.07, 6.45) is 2.00. The summed E-state index contributed by atoms with van der Waals surface area (Å²) in [6.45, 7) is 5.77. The number of ether oxygens (including phenoxy) is 1. The Morgan fingerprint density at radius 2 is 1.93 bits per heavy atom. The third kappa shape index (κ3) is 3.59. The van der Waals surface area contributed by atoms with Gasteiger partial charge >= 0.3 is 0 Å². The first-order chi connectivity index (χ1) is 14.5. The predicted octanol–water partition coefficient (Wildman–Crippen LogP) is 3.91. The minimum Gasteiger partial charge on any atom is -0.383 e. The second-order valence-electron chi connectivity index (χ2n) is 8.01. The molecule has 156 valence electrons. The van der Waals surface area contributed by atoms with E-state index in [0.29, 0.717) is 18.7 Å². The fourth-order valence-corrected chi connectivity index (χ4v) is 4.23. The summed E-state index contributed by atoms with van der Waals surface area (Å²) in [7, 11) is 1.68. The van der Waals surface area contributed by atoms with E-state index in [-0.39, 0.29) is 17.7 Å². The van der Waals surface area contributed by atoms with Gasteiger partial charge in [0.15, 0.2) is 0 Å². The number of anilines is 1. The van der Waals surface area contributed by atoms with Crippen molar-refractivity contribution in [1.29, 1.82) is 0 Å². The molecule has 0 fully saturated rings. The normalized spacial score (nSPS) is 14.4. The van der Waals surface area contributed by atoms with Crippen LogP contribution >= 0.6 is 0 Å². The molecule has 0 aliphatic carbocycles. The number of hydrogen-bond donors (Lipinski definition) is 1. The summed E-state index contributed by atoms with van der Waals surface area (Å²) in [5, 5.41) is 4.06. The number of carbonyl (C=O) groups excluding carboxylic acids is 2.